The Labute approximate surface area is 112 Å². The summed E-state index contributed by atoms with van der Waals surface area (Å²) >= 11 is 0. The van der Waals surface area contributed by atoms with Crippen molar-refractivity contribution in [2.75, 3.05) is 11.9 Å². The fourth-order valence-corrected chi connectivity index (χ4v) is 1.85. The molecule has 1 atom stereocenters. The lowest BCUT2D eigenvalue weighted by atomic mass is 9.96. The van der Waals surface area contributed by atoms with Crippen molar-refractivity contribution >= 4 is 17.6 Å². The van der Waals surface area contributed by atoms with E-state index in [-0.39, 0.29) is 12.5 Å². The number of carbonyl (C=O) groups is 2. The number of hydrogen-bond acceptors (Lipinski definition) is 3. The summed E-state index contributed by atoms with van der Waals surface area (Å²) in [6, 6.07) is 5.23. The predicted octanol–water partition coefficient (Wildman–Crippen LogP) is 1.86. The number of carboxylic acid groups (broad SMARTS) is 1. The van der Waals surface area contributed by atoms with Gasteiger partial charge in [-0.05, 0) is 30.5 Å². The number of nitrogens with two attached hydrogens (primary N) is 1. The number of hydrogen-bond donors (Lipinski definition) is 3. The first-order valence-electron chi connectivity index (χ1n) is 6.20. The summed E-state index contributed by atoms with van der Waals surface area (Å²) in [6.07, 6.45) is 0. The fourth-order valence-electron chi connectivity index (χ4n) is 1.85. The van der Waals surface area contributed by atoms with E-state index in [1.807, 2.05) is 20.8 Å². The molecular formula is C14H20N2O3. The molecule has 5 heteroatoms. The van der Waals surface area contributed by atoms with Gasteiger partial charge in [-0.1, -0.05) is 19.9 Å². The molecule has 1 amide bonds. The van der Waals surface area contributed by atoms with E-state index < -0.39 is 17.8 Å². The lowest BCUT2D eigenvalue weighted by molar-refractivity contribution is -0.142. The standard InChI is InChI=1S/C14H20N2O3/c1-8(2)11(14(18)19)7-16-12-6-9(3)4-5-10(12)13(15)17/h4-6,8,11,16H,7H2,1-3H3,(H2,15,17)(H,18,19). The van der Waals surface area contributed by atoms with E-state index in [1.54, 1.807) is 18.2 Å². The van der Waals surface area contributed by atoms with Crippen molar-refractivity contribution in [2.24, 2.45) is 17.6 Å². The van der Waals surface area contributed by atoms with Crippen molar-refractivity contribution in [3.05, 3.63) is 29.3 Å². The average molecular weight is 264 g/mol. The highest BCUT2D eigenvalue weighted by Gasteiger charge is 2.21. The maximum absolute atomic E-state index is 11.3. The van der Waals surface area contributed by atoms with Crippen LogP contribution in [0.4, 0.5) is 5.69 Å². The molecule has 0 aliphatic rings. The molecule has 0 aliphatic carbocycles. The molecule has 4 N–H and O–H groups in total. The van der Waals surface area contributed by atoms with Crippen LogP contribution in [0.25, 0.3) is 0 Å². The van der Waals surface area contributed by atoms with Gasteiger partial charge in [0.05, 0.1) is 11.5 Å². The molecule has 0 spiro atoms. The molecule has 0 aromatic heterocycles. The summed E-state index contributed by atoms with van der Waals surface area (Å²) in [5.41, 5.74) is 7.23. The normalized spacial score (nSPS) is 12.2. The molecule has 0 aliphatic heterocycles. The molecule has 19 heavy (non-hydrogen) atoms. The first-order valence-corrected chi connectivity index (χ1v) is 6.20. The highest BCUT2D eigenvalue weighted by Crippen LogP contribution is 2.19. The van der Waals surface area contributed by atoms with Gasteiger partial charge in [-0.15, -0.1) is 0 Å². The molecule has 1 rings (SSSR count). The van der Waals surface area contributed by atoms with Gasteiger partial charge >= 0.3 is 5.97 Å². The number of primary amides is 1. The second kappa shape index (κ2) is 6.22. The van der Waals surface area contributed by atoms with Crippen molar-refractivity contribution in [3.63, 3.8) is 0 Å². The van der Waals surface area contributed by atoms with E-state index in [1.165, 1.54) is 0 Å². The van der Waals surface area contributed by atoms with Crippen molar-refractivity contribution in [1.29, 1.82) is 0 Å². The molecule has 1 aromatic rings. The summed E-state index contributed by atoms with van der Waals surface area (Å²) in [6.45, 7) is 5.86. The number of aryl methyl sites for hydroxylation is 1. The Bertz CT molecular complexity index is 484. The molecule has 0 radical (unpaired) electrons. The van der Waals surface area contributed by atoms with Gasteiger partial charge in [0.15, 0.2) is 0 Å². The number of benzene rings is 1. The van der Waals surface area contributed by atoms with Gasteiger partial charge in [-0.25, -0.2) is 0 Å². The minimum Gasteiger partial charge on any atom is -0.481 e. The highest BCUT2D eigenvalue weighted by molar-refractivity contribution is 5.98. The molecule has 0 fully saturated rings. The van der Waals surface area contributed by atoms with Gasteiger partial charge in [0.2, 0.25) is 0 Å². The van der Waals surface area contributed by atoms with Crippen LogP contribution in [0.15, 0.2) is 18.2 Å². The van der Waals surface area contributed by atoms with Crippen LogP contribution in [-0.2, 0) is 4.79 Å². The van der Waals surface area contributed by atoms with E-state index in [4.69, 9.17) is 10.8 Å². The van der Waals surface area contributed by atoms with Crippen molar-refractivity contribution < 1.29 is 14.7 Å². The van der Waals surface area contributed by atoms with Gasteiger partial charge in [-0.2, -0.15) is 0 Å². The summed E-state index contributed by atoms with van der Waals surface area (Å²) in [5.74, 6) is -1.89. The molecule has 104 valence electrons. The Kier molecular flexibility index (Phi) is 4.92. The van der Waals surface area contributed by atoms with Crippen LogP contribution in [0, 0.1) is 18.8 Å². The monoisotopic (exact) mass is 264 g/mol. The van der Waals surface area contributed by atoms with Gasteiger partial charge in [0.25, 0.3) is 5.91 Å². The topological polar surface area (TPSA) is 92.4 Å². The molecule has 0 saturated carbocycles. The Morgan fingerprint density at radius 3 is 2.47 bits per heavy atom. The Balaban J connectivity index is 2.90. The molecule has 1 unspecified atom stereocenters. The minimum atomic E-state index is -0.851. The van der Waals surface area contributed by atoms with Crippen LogP contribution in [0.3, 0.4) is 0 Å². The Morgan fingerprint density at radius 2 is 2.00 bits per heavy atom. The highest BCUT2D eigenvalue weighted by atomic mass is 16.4. The summed E-state index contributed by atoms with van der Waals surface area (Å²) in [7, 11) is 0. The number of carbonyl (C=O) groups excluding carboxylic acids is 1. The number of rotatable bonds is 6. The zero-order chi connectivity index (χ0) is 14.6. The zero-order valence-electron chi connectivity index (χ0n) is 11.4. The predicted molar refractivity (Wildman–Crippen MR) is 74.2 cm³/mol. The largest absolute Gasteiger partial charge is 0.481 e. The van der Waals surface area contributed by atoms with Crippen LogP contribution < -0.4 is 11.1 Å². The number of nitrogens with one attached hydrogen (secondary N) is 1. The zero-order valence-corrected chi connectivity index (χ0v) is 11.4. The fraction of sp³-hybridized carbons (Fsp3) is 0.429. The molecule has 0 heterocycles. The number of aliphatic carboxylic acids is 1. The Morgan fingerprint density at radius 1 is 1.37 bits per heavy atom. The van der Waals surface area contributed by atoms with E-state index >= 15 is 0 Å². The van der Waals surface area contributed by atoms with Gasteiger partial charge in [0.1, 0.15) is 0 Å². The average Bonchev–Trinajstić information content (AvgIpc) is 2.27. The molecule has 0 bridgehead atoms. The summed E-state index contributed by atoms with van der Waals surface area (Å²) < 4.78 is 0. The maximum atomic E-state index is 11.3. The molecule has 5 nitrogen and oxygen atoms in total. The van der Waals surface area contributed by atoms with Crippen LogP contribution in [0.5, 0.6) is 0 Å². The third kappa shape index (κ3) is 3.98. The minimum absolute atomic E-state index is 0.00633. The van der Waals surface area contributed by atoms with Gasteiger partial charge < -0.3 is 16.2 Å². The number of amides is 1. The third-order valence-corrected chi connectivity index (χ3v) is 3.07. The van der Waals surface area contributed by atoms with E-state index in [9.17, 15) is 9.59 Å². The van der Waals surface area contributed by atoms with E-state index in [2.05, 4.69) is 5.32 Å². The second-order valence-electron chi connectivity index (χ2n) is 4.98. The van der Waals surface area contributed by atoms with E-state index in [0.717, 1.165) is 5.56 Å². The smallest absolute Gasteiger partial charge is 0.308 e. The van der Waals surface area contributed by atoms with Crippen LogP contribution >= 0.6 is 0 Å². The second-order valence-corrected chi connectivity index (χ2v) is 4.98. The third-order valence-electron chi connectivity index (χ3n) is 3.07. The van der Waals surface area contributed by atoms with Crippen molar-refractivity contribution in [1.82, 2.24) is 0 Å². The Hall–Kier alpha value is -2.04. The molecule has 0 saturated heterocycles. The molecule has 1 aromatic carbocycles. The molecular weight excluding hydrogens is 244 g/mol. The number of carboxylic acids is 1. The summed E-state index contributed by atoms with van der Waals surface area (Å²) in [4.78, 5) is 22.4. The van der Waals surface area contributed by atoms with Crippen LogP contribution in [-0.4, -0.2) is 23.5 Å². The maximum Gasteiger partial charge on any atom is 0.308 e. The van der Waals surface area contributed by atoms with Gasteiger partial charge in [0, 0.05) is 12.2 Å². The SMILES string of the molecule is Cc1ccc(C(N)=O)c(NCC(C(=O)O)C(C)C)c1. The van der Waals surface area contributed by atoms with Crippen molar-refractivity contribution in [2.45, 2.75) is 20.8 Å². The quantitative estimate of drug-likeness (QED) is 0.731. The first-order chi connectivity index (χ1) is 8.82. The lowest BCUT2D eigenvalue weighted by Crippen LogP contribution is -2.28. The van der Waals surface area contributed by atoms with E-state index in [0.29, 0.717) is 11.3 Å². The first kappa shape index (κ1) is 15.0. The lowest BCUT2D eigenvalue weighted by Gasteiger charge is -2.18. The van der Waals surface area contributed by atoms with Crippen LogP contribution in [0.2, 0.25) is 0 Å². The summed E-state index contributed by atoms with van der Waals surface area (Å²) in [5, 5.41) is 12.1. The van der Waals surface area contributed by atoms with Crippen molar-refractivity contribution in [3.8, 4) is 0 Å². The number of anilines is 1. The van der Waals surface area contributed by atoms with Crippen LogP contribution in [0.1, 0.15) is 29.8 Å². The van der Waals surface area contributed by atoms with Gasteiger partial charge in [-0.3, -0.25) is 9.59 Å².